The number of hydrogen-bond donors (Lipinski definition) is 0. The van der Waals surface area contributed by atoms with E-state index in [9.17, 15) is 4.79 Å². The minimum absolute atomic E-state index is 0.289. The summed E-state index contributed by atoms with van der Waals surface area (Å²) in [5, 5.41) is 0. The fraction of sp³-hybridized carbons (Fsp3) is 0.737. The molecular weight excluding hydrogens is 286 g/mol. The number of likely N-dealkylation sites (N-methyl/N-ethyl adjacent to an activating group) is 1. The van der Waals surface area contributed by atoms with Crippen LogP contribution in [-0.4, -0.2) is 72.5 Å². The highest BCUT2D eigenvalue weighted by molar-refractivity contribution is 5.79. The highest BCUT2D eigenvalue weighted by atomic mass is 16.2. The summed E-state index contributed by atoms with van der Waals surface area (Å²) in [7, 11) is 0. The fourth-order valence-corrected chi connectivity index (χ4v) is 4.87. The summed E-state index contributed by atoms with van der Waals surface area (Å²) in [6.07, 6.45) is 9.68. The number of carbonyl (C=O) groups is 1. The van der Waals surface area contributed by atoms with Crippen LogP contribution in [0.25, 0.3) is 0 Å². The molecule has 2 saturated heterocycles. The first-order chi connectivity index (χ1) is 11.2. The molecule has 4 nitrogen and oxygen atoms in total. The van der Waals surface area contributed by atoms with E-state index in [1.807, 2.05) is 4.90 Å². The SMILES string of the molecule is CCN1CC2CC2(C2=CCC(N3CCN(CC)C(=O)C3)C=C2)C1. The molecule has 1 amide bonds. The van der Waals surface area contributed by atoms with Gasteiger partial charge in [-0.2, -0.15) is 0 Å². The van der Waals surface area contributed by atoms with Gasteiger partial charge in [0.05, 0.1) is 6.54 Å². The van der Waals surface area contributed by atoms with Gasteiger partial charge in [-0.1, -0.05) is 25.2 Å². The van der Waals surface area contributed by atoms with Gasteiger partial charge in [0.2, 0.25) is 5.91 Å². The van der Waals surface area contributed by atoms with Gasteiger partial charge in [0.15, 0.2) is 0 Å². The summed E-state index contributed by atoms with van der Waals surface area (Å²) in [5.74, 6) is 1.18. The quantitative estimate of drug-likeness (QED) is 0.791. The molecule has 0 spiro atoms. The molecule has 4 heteroatoms. The Balaban J connectivity index is 1.38. The van der Waals surface area contributed by atoms with Gasteiger partial charge in [0.25, 0.3) is 0 Å². The van der Waals surface area contributed by atoms with Crippen LogP contribution in [0.2, 0.25) is 0 Å². The molecule has 126 valence electrons. The van der Waals surface area contributed by atoms with Crippen LogP contribution in [0.5, 0.6) is 0 Å². The predicted octanol–water partition coefficient (Wildman–Crippen LogP) is 1.75. The van der Waals surface area contributed by atoms with E-state index in [4.69, 9.17) is 0 Å². The van der Waals surface area contributed by atoms with Gasteiger partial charge >= 0.3 is 0 Å². The van der Waals surface area contributed by atoms with Crippen LogP contribution in [-0.2, 0) is 4.79 Å². The van der Waals surface area contributed by atoms with Crippen LogP contribution in [0, 0.1) is 11.3 Å². The Labute approximate surface area is 139 Å². The predicted molar refractivity (Wildman–Crippen MR) is 92.1 cm³/mol. The number of nitrogens with zero attached hydrogens (tertiary/aromatic N) is 3. The lowest BCUT2D eigenvalue weighted by Crippen LogP contribution is -2.53. The maximum atomic E-state index is 12.1. The van der Waals surface area contributed by atoms with E-state index in [1.165, 1.54) is 26.1 Å². The van der Waals surface area contributed by atoms with E-state index >= 15 is 0 Å². The number of amides is 1. The maximum absolute atomic E-state index is 12.1. The Kier molecular flexibility index (Phi) is 3.85. The topological polar surface area (TPSA) is 26.8 Å². The van der Waals surface area contributed by atoms with Gasteiger partial charge < -0.3 is 9.80 Å². The molecule has 0 aromatic rings. The van der Waals surface area contributed by atoms with Crippen LogP contribution in [0.1, 0.15) is 26.7 Å². The van der Waals surface area contributed by atoms with E-state index in [0.717, 1.165) is 32.0 Å². The first kappa shape index (κ1) is 15.4. The molecule has 2 aliphatic heterocycles. The average Bonchev–Trinajstić information content (AvgIpc) is 3.16. The molecule has 4 aliphatic rings. The first-order valence-corrected chi connectivity index (χ1v) is 9.29. The van der Waals surface area contributed by atoms with Crippen molar-refractivity contribution < 1.29 is 4.79 Å². The molecule has 2 heterocycles. The first-order valence-electron chi connectivity index (χ1n) is 9.29. The number of rotatable bonds is 4. The molecule has 3 atom stereocenters. The molecule has 0 bridgehead atoms. The largest absolute Gasteiger partial charge is 0.341 e. The molecule has 0 aromatic heterocycles. The Bertz CT molecular complexity index is 555. The second-order valence-electron chi connectivity index (χ2n) is 7.65. The Morgan fingerprint density at radius 3 is 2.74 bits per heavy atom. The Morgan fingerprint density at radius 1 is 1.26 bits per heavy atom. The van der Waals surface area contributed by atoms with Gasteiger partial charge in [-0.05, 0) is 37.8 Å². The number of likely N-dealkylation sites (tertiary alicyclic amines) is 1. The van der Waals surface area contributed by atoms with Crippen molar-refractivity contribution in [2.45, 2.75) is 32.7 Å². The van der Waals surface area contributed by atoms with Gasteiger partial charge in [-0.25, -0.2) is 0 Å². The second-order valence-corrected chi connectivity index (χ2v) is 7.65. The standard InChI is InChI=1S/C19H29N3O/c1-3-20-12-16-11-19(16,14-20)15-5-7-17(8-6-15)22-10-9-21(4-2)18(23)13-22/h5-7,16-17H,3-4,8-14H2,1-2H3. The highest BCUT2D eigenvalue weighted by Crippen LogP contribution is 2.62. The Hall–Kier alpha value is -1.13. The molecule has 1 saturated carbocycles. The van der Waals surface area contributed by atoms with E-state index in [0.29, 0.717) is 18.0 Å². The number of hydrogen-bond acceptors (Lipinski definition) is 3. The summed E-state index contributed by atoms with van der Waals surface area (Å²) >= 11 is 0. The van der Waals surface area contributed by atoms with Gasteiger partial charge in [0.1, 0.15) is 0 Å². The molecule has 0 aromatic carbocycles. The number of piperidine rings is 1. The summed E-state index contributed by atoms with van der Waals surface area (Å²) in [4.78, 5) is 19.0. The van der Waals surface area contributed by atoms with Crippen molar-refractivity contribution in [1.29, 1.82) is 0 Å². The van der Waals surface area contributed by atoms with Gasteiger partial charge in [-0.15, -0.1) is 0 Å². The van der Waals surface area contributed by atoms with Crippen molar-refractivity contribution >= 4 is 5.91 Å². The van der Waals surface area contributed by atoms with Crippen LogP contribution in [0.4, 0.5) is 0 Å². The zero-order valence-corrected chi connectivity index (χ0v) is 14.5. The number of piperazine rings is 1. The number of carbonyl (C=O) groups excluding carboxylic acids is 1. The summed E-state index contributed by atoms with van der Waals surface area (Å²) in [6.45, 7) is 11.4. The van der Waals surface area contributed by atoms with Crippen molar-refractivity contribution in [2.24, 2.45) is 11.3 Å². The molecule has 23 heavy (non-hydrogen) atoms. The lowest BCUT2D eigenvalue weighted by molar-refractivity contribution is -0.136. The minimum Gasteiger partial charge on any atom is -0.341 e. The maximum Gasteiger partial charge on any atom is 0.236 e. The van der Waals surface area contributed by atoms with Crippen molar-refractivity contribution in [3.63, 3.8) is 0 Å². The lowest BCUT2D eigenvalue weighted by Gasteiger charge is -2.38. The van der Waals surface area contributed by atoms with E-state index < -0.39 is 0 Å². The summed E-state index contributed by atoms with van der Waals surface area (Å²) < 4.78 is 0. The third-order valence-electron chi connectivity index (χ3n) is 6.51. The molecule has 3 unspecified atom stereocenters. The zero-order chi connectivity index (χ0) is 16.0. The van der Waals surface area contributed by atoms with Crippen molar-refractivity contribution in [3.8, 4) is 0 Å². The molecule has 2 aliphatic carbocycles. The third-order valence-corrected chi connectivity index (χ3v) is 6.51. The lowest BCUT2D eigenvalue weighted by atomic mass is 9.88. The fourth-order valence-electron chi connectivity index (χ4n) is 4.87. The minimum atomic E-state index is 0.289. The zero-order valence-electron chi connectivity index (χ0n) is 14.5. The second kappa shape index (κ2) is 5.75. The number of fused-ring (bicyclic) bond motifs is 1. The smallest absolute Gasteiger partial charge is 0.236 e. The molecule has 0 radical (unpaired) electrons. The van der Waals surface area contributed by atoms with Gasteiger partial charge in [0, 0.05) is 44.2 Å². The summed E-state index contributed by atoms with van der Waals surface area (Å²) in [5.41, 5.74) is 2.06. The molecular formula is C19H29N3O. The Morgan fingerprint density at radius 2 is 2.13 bits per heavy atom. The molecule has 4 rings (SSSR count). The monoisotopic (exact) mass is 315 g/mol. The van der Waals surface area contributed by atoms with Crippen LogP contribution in [0.15, 0.2) is 23.8 Å². The number of allylic oxidation sites excluding steroid dienone is 1. The van der Waals surface area contributed by atoms with Crippen LogP contribution >= 0.6 is 0 Å². The van der Waals surface area contributed by atoms with Gasteiger partial charge in [-0.3, -0.25) is 9.69 Å². The van der Waals surface area contributed by atoms with Crippen molar-refractivity contribution in [1.82, 2.24) is 14.7 Å². The van der Waals surface area contributed by atoms with E-state index in [2.05, 4.69) is 41.9 Å². The molecule has 0 N–H and O–H groups in total. The highest BCUT2D eigenvalue weighted by Gasteiger charge is 2.60. The molecule has 3 fully saturated rings. The average molecular weight is 315 g/mol. The van der Waals surface area contributed by atoms with E-state index in [-0.39, 0.29) is 5.91 Å². The summed E-state index contributed by atoms with van der Waals surface area (Å²) in [6, 6.07) is 0.416. The third kappa shape index (κ3) is 2.56. The van der Waals surface area contributed by atoms with E-state index in [1.54, 1.807) is 5.57 Å². The van der Waals surface area contributed by atoms with Crippen LogP contribution in [0.3, 0.4) is 0 Å². The normalized spacial score (nSPS) is 37.9. The van der Waals surface area contributed by atoms with Crippen molar-refractivity contribution in [3.05, 3.63) is 23.8 Å². The van der Waals surface area contributed by atoms with Crippen molar-refractivity contribution in [2.75, 3.05) is 45.8 Å². The van der Waals surface area contributed by atoms with Crippen LogP contribution < -0.4 is 0 Å².